The van der Waals surface area contributed by atoms with Gasteiger partial charge in [0.25, 0.3) is 0 Å². The van der Waals surface area contributed by atoms with Gasteiger partial charge in [-0.05, 0) is 20.9 Å². The molecule has 0 saturated carbocycles. The number of aromatic amines is 1. The monoisotopic (exact) mass is 304 g/mol. The number of H-pyrrole nitrogens is 1. The van der Waals surface area contributed by atoms with Crippen molar-refractivity contribution in [2.45, 2.75) is 19.9 Å². The summed E-state index contributed by atoms with van der Waals surface area (Å²) in [6, 6.07) is 0.0990. The van der Waals surface area contributed by atoms with Crippen LogP contribution in [-0.2, 0) is 0 Å². The van der Waals surface area contributed by atoms with Crippen LogP contribution < -0.4 is 5.32 Å². The molecule has 118 valence electrons. The molecule has 1 unspecified atom stereocenters. The Labute approximate surface area is 128 Å². The number of anilines is 1. The highest BCUT2D eigenvalue weighted by molar-refractivity contribution is 5.87. The second-order valence-electron chi connectivity index (χ2n) is 5.51. The number of nitrogens with zero attached hydrogens (tertiary/aromatic N) is 4. The predicted octanol–water partition coefficient (Wildman–Crippen LogP) is 1.54. The van der Waals surface area contributed by atoms with Crippen LogP contribution in [0.3, 0.4) is 0 Å². The summed E-state index contributed by atoms with van der Waals surface area (Å²) in [5, 5.41) is 2.71. The number of amides is 2. The molecule has 0 spiro atoms. The number of aromatic nitrogens is 3. The van der Waals surface area contributed by atoms with Crippen molar-refractivity contribution in [1.29, 1.82) is 0 Å². The number of nitrogens with one attached hydrogen (secondary N) is 2. The van der Waals surface area contributed by atoms with Gasteiger partial charge in [0.2, 0.25) is 0 Å². The van der Waals surface area contributed by atoms with E-state index < -0.39 is 0 Å². The summed E-state index contributed by atoms with van der Waals surface area (Å²) in [5.41, 5.74) is 0.780. The second kappa shape index (κ2) is 5.80. The molecule has 0 aliphatic carbocycles. The molecule has 3 heterocycles. The molecular weight excluding hydrogens is 284 g/mol. The number of piperazine rings is 1. The summed E-state index contributed by atoms with van der Waals surface area (Å²) in [4.78, 5) is 27.9. The second-order valence-corrected chi connectivity index (χ2v) is 5.51. The van der Waals surface area contributed by atoms with E-state index in [4.69, 9.17) is 4.42 Å². The van der Waals surface area contributed by atoms with Crippen LogP contribution in [0.2, 0.25) is 0 Å². The molecule has 1 aliphatic heterocycles. The van der Waals surface area contributed by atoms with Crippen molar-refractivity contribution in [2.24, 2.45) is 0 Å². The predicted molar refractivity (Wildman–Crippen MR) is 80.5 cm³/mol. The average Bonchev–Trinajstić information content (AvgIpc) is 3.10. The number of hydrogen-bond acceptors (Lipinski definition) is 5. The highest BCUT2D eigenvalue weighted by Gasteiger charge is 2.30. The maximum atomic E-state index is 12.4. The number of urea groups is 1. The van der Waals surface area contributed by atoms with Crippen LogP contribution >= 0.6 is 0 Å². The van der Waals surface area contributed by atoms with Gasteiger partial charge in [-0.1, -0.05) is 0 Å². The maximum Gasteiger partial charge on any atom is 0.325 e. The van der Waals surface area contributed by atoms with Gasteiger partial charge in [0, 0.05) is 32.0 Å². The lowest BCUT2D eigenvalue weighted by Gasteiger charge is -2.38. The zero-order valence-electron chi connectivity index (χ0n) is 13.0. The molecule has 2 N–H and O–H groups in total. The molecule has 1 fully saturated rings. The van der Waals surface area contributed by atoms with Gasteiger partial charge < -0.3 is 14.3 Å². The molecule has 2 aromatic rings. The highest BCUT2D eigenvalue weighted by Crippen LogP contribution is 2.22. The first kappa shape index (κ1) is 14.6. The molecular formula is C14H20N6O2. The van der Waals surface area contributed by atoms with Crippen LogP contribution in [0.25, 0.3) is 0 Å². The molecule has 0 radical (unpaired) electrons. The highest BCUT2D eigenvalue weighted by atomic mass is 16.4. The van der Waals surface area contributed by atoms with E-state index in [0.717, 1.165) is 18.1 Å². The number of carbonyl (C=O) groups excluding carboxylic acids is 1. The minimum Gasteiger partial charge on any atom is -0.428 e. The molecule has 1 atom stereocenters. The number of likely N-dealkylation sites (N-methyl/N-ethyl adjacent to an activating group) is 1. The number of oxazole rings is 1. The van der Waals surface area contributed by atoms with Crippen molar-refractivity contribution in [3.63, 3.8) is 0 Å². The molecule has 22 heavy (non-hydrogen) atoms. The molecule has 2 amide bonds. The fourth-order valence-electron chi connectivity index (χ4n) is 2.51. The van der Waals surface area contributed by atoms with Crippen LogP contribution in [0, 0.1) is 13.8 Å². The Hall–Kier alpha value is -2.35. The molecule has 8 heteroatoms. The fourth-order valence-corrected chi connectivity index (χ4v) is 2.51. The lowest BCUT2D eigenvalue weighted by molar-refractivity contribution is 0.112. The smallest absolute Gasteiger partial charge is 0.325 e. The third-order valence-electron chi connectivity index (χ3n) is 4.01. The Morgan fingerprint density at radius 1 is 1.45 bits per heavy atom. The number of carbonyl (C=O) groups is 1. The van der Waals surface area contributed by atoms with Gasteiger partial charge in [-0.25, -0.2) is 9.78 Å². The van der Waals surface area contributed by atoms with E-state index in [-0.39, 0.29) is 18.1 Å². The molecule has 3 rings (SSSR count). The van der Waals surface area contributed by atoms with Crippen LogP contribution in [0.1, 0.15) is 23.3 Å². The molecule has 1 saturated heterocycles. The third-order valence-corrected chi connectivity index (χ3v) is 4.01. The quantitative estimate of drug-likeness (QED) is 0.878. The number of hydrogen-bond donors (Lipinski definition) is 2. The Balaban J connectivity index is 1.68. The first-order valence-corrected chi connectivity index (χ1v) is 7.24. The zero-order chi connectivity index (χ0) is 15.7. The van der Waals surface area contributed by atoms with E-state index in [1.807, 2.05) is 20.9 Å². The van der Waals surface area contributed by atoms with Gasteiger partial charge >= 0.3 is 12.0 Å². The van der Waals surface area contributed by atoms with Crippen molar-refractivity contribution >= 4 is 12.0 Å². The zero-order valence-corrected chi connectivity index (χ0v) is 13.0. The molecule has 8 nitrogen and oxygen atoms in total. The normalized spacial score (nSPS) is 19.4. The SMILES string of the molecule is Cc1nc(NC(=O)N2CCN(C)C(c3ncc[nH]3)C2)oc1C. The number of aryl methyl sites for hydroxylation is 2. The molecule has 1 aliphatic rings. The van der Waals surface area contributed by atoms with Gasteiger partial charge in [-0.15, -0.1) is 0 Å². The summed E-state index contributed by atoms with van der Waals surface area (Å²) in [5.74, 6) is 1.57. The van der Waals surface area contributed by atoms with Crippen LogP contribution in [0.5, 0.6) is 0 Å². The number of imidazole rings is 1. The van der Waals surface area contributed by atoms with E-state index in [9.17, 15) is 4.79 Å². The van der Waals surface area contributed by atoms with Gasteiger partial charge in [0.15, 0.2) is 0 Å². The van der Waals surface area contributed by atoms with Gasteiger partial charge in [-0.3, -0.25) is 10.2 Å². The summed E-state index contributed by atoms with van der Waals surface area (Å²) < 4.78 is 5.40. The topological polar surface area (TPSA) is 90.3 Å². The van der Waals surface area contributed by atoms with Crippen molar-refractivity contribution < 1.29 is 9.21 Å². The van der Waals surface area contributed by atoms with Gasteiger partial charge in [0.1, 0.15) is 11.6 Å². The lowest BCUT2D eigenvalue weighted by atomic mass is 10.2. The molecule has 2 aromatic heterocycles. The van der Waals surface area contributed by atoms with E-state index in [1.165, 1.54) is 0 Å². The van der Waals surface area contributed by atoms with Crippen molar-refractivity contribution in [1.82, 2.24) is 24.8 Å². The standard InChI is InChI=1S/C14H20N6O2/c1-9-10(2)22-13(17-9)18-14(21)20-7-6-19(3)11(8-20)12-15-4-5-16-12/h4-5,11H,6-8H2,1-3H3,(H,15,16)(H,17,18,21). The minimum atomic E-state index is -0.203. The summed E-state index contributed by atoms with van der Waals surface area (Å²) in [6.07, 6.45) is 3.51. The van der Waals surface area contributed by atoms with Gasteiger partial charge in [0.05, 0.1) is 11.7 Å². The van der Waals surface area contributed by atoms with Crippen LogP contribution in [0.4, 0.5) is 10.8 Å². The van der Waals surface area contributed by atoms with E-state index >= 15 is 0 Å². The fraction of sp³-hybridized carbons (Fsp3) is 0.500. The van der Waals surface area contributed by atoms with E-state index in [0.29, 0.717) is 18.8 Å². The lowest BCUT2D eigenvalue weighted by Crippen LogP contribution is -2.50. The Morgan fingerprint density at radius 3 is 2.91 bits per heavy atom. The minimum absolute atomic E-state index is 0.0579. The maximum absolute atomic E-state index is 12.4. The van der Waals surface area contributed by atoms with Crippen LogP contribution in [0.15, 0.2) is 16.8 Å². The van der Waals surface area contributed by atoms with E-state index in [1.54, 1.807) is 17.3 Å². The summed E-state index contributed by atoms with van der Waals surface area (Å²) in [7, 11) is 2.03. The average molecular weight is 304 g/mol. The van der Waals surface area contributed by atoms with Crippen molar-refractivity contribution in [2.75, 3.05) is 32.0 Å². The Kier molecular flexibility index (Phi) is 3.84. The Bertz CT molecular complexity index is 631. The van der Waals surface area contributed by atoms with Gasteiger partial charge in [-0.2, -0.15) is 4.98 Å². The molecule has 0 bridgehead atoms. The van der Waals surface area contributed by atoms with E-state index in [2.05, 4.69) is 25.2 Å². The van der Waals surface area contributed by atoms with Crippen LogP contribution in [-0.4, -0.2) is 57.5 Å². The van der Waals surface area contributed by atoms with Crippen molar-refractivity contribution in [3.8, 4) is 0 Å². The Morgan fingerprint density at radius 2 is 2.27 bits per heavy atom. The summed E-state index contributed by atoms with van der Waals surface area (Å²) in [6.45, 7) is 5.66. The molecule has 0 aromatic carbocycles. The summed E-state index contributed by atoms with van der Waals surface area (Å²) >= 11 is 0. The first-order valence-electron chi connectivity index (χ1n) is 7.24. The van der Waals surface area contributed by atoms with Crippen molar-refractivity contribution in [3.05, 3.63) is 29.7 Å². The largest absolute Gasteiger partial charge is 0.428 e. The number of rotatable bonds is 2. The third kappa shape index (κ3) is 2.82. The first-order chi connectivity index (χ1) is 10.5.